The Balaban J connectivity index is 1.55. The van der Waals surface area contributed by atoms with Gasteiger partial charge < -0.3 is 30.0 Å². The molecule has 2 aromatic rings. The van der Waals surface area contributed by atoms with E-state index in [1.54, 1.807) is 30.9 Å². The first kappa shape index (κ1) is 27.1. The van der Waals surface area contributed by atoms with Crippen LogP contribution in [0.4, 0.5) is 13.2 Å². The quantitative estimate of drug-likeness (QED) is 0.535. The van der Waals surface area contributed by atoms with Crippen molar-refractivity contribution in [2.45, 2.75) is 51.2 Å². The third kappa shape index (κ3) is 8.33. The number of hydrogen-bond donors (Lipinski definition) is 2. The highest BCUT2D eigenvalue weighted by Gasteiger charge is 2.31. The maximum atomic E-state index is 12.7. The number of carbonyl (C=O) groups excluding carboxylic acids is 2. The zero-order valence-electron chi connectivity index (χ0n) is 20.0. The third-order valence-electron chi connectivity index (χ3n) is 5.41. The van der Waals surface area contributed by atoms with E-state index in [2.05, 4.69) is 4.74 Å². The fourth-order valence-electron chi connectivity index (χ4n) is 3.65. The van der Waals surface area contributed by atoms with E-state index in [4.69, 9.17) is 15.2 Å². The molecule has 0 saturated carbocycles. The fourth-order valence-corrected chi connectivity index (χ4v) is 3.65. The number of halogens is 3. The molecule has 2 amide bonds. The number of nitrogens with zero attached hydrogens (tertiary/aromatic N) is 1. The summed E-state index contributed by atoms with van der Waals surface area (Å²) in [4.78, 5) is 26.2. The number of benzene rings is 2. The second kappa shape index (κ2) is 11.1. The molecule has 1 heterocycles. The maximum Gasteiger partial charge on any atom is 0.573 e. The van der Waals surface area contributed by atoms with Crippen LogP contribution in [0.5, 0.6) is 17.2 Å². The molecule has 1 aliphatic heterocycles. The number of rotatable bonds is 9. The van der Waals surface area contributed by atoms with Crippen LogP contribution in [0.15, 0.2) is 42.5 Å². The summed E-state index contributed by atoms with van der Waals surface area (Å²) in [6, 6.07) is 9.82. The van der Waals surface area contributed by atoms with E-state index in [1.165, 1.54) is 30.3 Å². The Kier molecular flexibility index (Phi) is 8.34. The number of piperidine rings is 1. The zero-order chi connectivity index (χ0) is 26.5. The van der Waals surface area contributed by atoms with Crippen molar-refractivity contribution in [3.8, 4) is 17.2 Å². The molecule has 8 nitrogen and oxygen atoms in total. The monoisotopic (exact) mass is 510 g/mol. The number of likely N-dealkylation sites (tertiary alicyclic amines) is 1. The highest BCUT2D eigenvalue weighted by atomic mass is 19.4. The summed E-state index contributed by atoms with van der Waals surface area (Å²) in [5, 5.41) is 9.86. The molecular formula is C25H29F3N2O6. The molecule has 36 heavy (non-hydrogen) atoms. The summed E-state index contributed by atoms with van der Waals surface area (Å²) < 4.78 is 52.3. The summed E-state index contributed by atoms with van der Waals surface area (Å²) in [5.74, 6) is -0.476. The minimum atomic E-state index is -4.77. The lowest BCUT2D eigenvalue weighted by Gasteiger charge is -2.32. The molecule has 0 aliphatic carbocycles. The van der Waals surface area contributed by atoms with Gasteiger partial charge in [-0.05, 0) is 43.7 Å². The molecule has 2 aromatic carbocycles. The van der Waals surface area contributed by atoms with E-state index in [-0.39, 0.29) is 42.1 Å². The number of carbonyl (C=O) groups is 2. The van der Waals surface area contributed by atoms with E-state index < -0.39 is 17.9 Å². The first-order chi connectivity index (χ1) is 16.8. The SMILES string of the molecule is CC(C)(O)COc1ccc(C(N)=O)c(OC2CCN(C(=O)Cc3ccc(OC(F)(F)F)cc3)CC2)c1. The number of ether oxygens (including phenoxy) is 3. The van der Waals surface area contributed by atoms with Crippen LogP contribution in [0.3, 0.4) is 0 Å². The van der Waals surface area contributed by atoms with E-state index in [0.29, 0.717) is 37.2 Å². The van der Waals surface area contributed by atoms with E-state index in [1.807, 2.05) is 0 Å². The standard InChI is InChI=1S/C25H29F3N2O6/c1-24(2,33)15-34-19-7-8-20(23(29)32)21(14-19)35-17-9-11-30(12-10-17)22(31)13-16-3-5-18(6-4-16)36-25(26,27)28/h3-8,14,17,33H,9-13,15H2,1-2H3,(H2,29,32). The molecule has 0 bridgehead atoms. The average Bonchev–Trinajstić information content (AvgIpc) is 2.78. The average molecular weight is 511 g/mol. The van der Waals surface area contributed by atoms with Crippen LogP contribution in [0.25, 0.3) is 0 Å². The van der Waals surface area contributed by atoms with Gasteiger partial charge in [0, 0.05) is 32.0 Å². The van der Waals surface area contributed by atoms with Crippen LogP contribution >= 0.6 is 0 Å². The van der Waals surface area contributed by atoms with Crippen molar-refractivity contribution >= 4 is 11.8 Å². The van der Waals surface area contributed by atoms with Crippen LogP contribution in [-0.4, -0.2) is 59.6 Å². The molecule has 3 N–H and O–H groups in total. The minimum Gasteiger partial charge on any atom is -0.490 e. The Morgan fingerprint density at radius 3 is 2.22 bits per heavy atom. The van der Waals surface area contributed by atoms with E-state index in [0.717, 1.165) is 0 Å². The lowest BCUT2D eigenvalue weighted by atomic mass is 10.1. The first-order valence-electron chi connectivity index (χ1n) is 11.4. The molecule has 0 aromatic heterocycles. The summed E-state index contributed by atoms with van der Waals surface area (Å²) in [6.45, 7) is 4.09. The molecule has 1 saturated heterocycles. The predicted molar refractivity (Wildman–Crippen MR) is 124 cm³/mol. The van der Waals surface area contributed by atoms with Crippen molar-refractivity contribution in [3.63, 3.8) is 0 Å². The molecule has 1 fully saturated rings. The summed E-state index contributed by atoms with van der Waals surface area (Å²) in [6.07, 6.45) is -3.97. The van der Waals surface area contributed by atoms with Crippen molar-refractivity contribution in [2.24, 2.45) is 5.73 Å². The molecular weight excluding hydrogens is 481 g/mol. The zero-order valence-corrected chi connectivity index (χ0v) is 20.0. The number of aliphatic hydroxyl groups is 1. The highest BCUT2D eigenvalue weighted by Crippen LogP contribution is 2.29. The van der Waals surface area contributed by atoms with Crippen LogP contribution < -0.4 is 19.9 Å². The molecule has 196 valence electrons. The van der Waals surface area contributed by atoms with Gasteiger partial charge in [0.25, 0.3) is 5.91 Å². The van der Waals surface area contributed by atoms with Gasteiger partial charge in [-0.3, -0.25) is 9.59 Å². The molecule has 0 unspecified atom stereocenters. The Morgan fingerprint density at radius 2 is 1.67 bits per heavy atom. The summed E-state index contributed by atoms with van der Waals surface area (Å²) in [7, 11) is 0. The van der Waals surface area contributed by atoms with Crippen LogP contribution in [-0.2, 0) is 11.2 Å². The first-order valence-corrected chi connectivity index (χ1v) is 11.4. The van der Waals surface area contributed by atoms with E-state index >= 15 is 0 Å². The topological polar surface area (TPSA) is 111 Å². The number of amides is 2. The van der Waals surface area contributed by atoms with Gasteiger partial charge in [-0.25, -0.2) is 0 Å². The van der Waals surface area contributed by atoms with Crippen molar-refractivity contribution in [3.05, 3.63) is 53.6 Å². The Morgan fingerprint density at radius 1 is 1.06 bits per heavy atom. The highest BCUT2D eigenvalue weighted by molar-refractivity contribution is 5.95. The van der Waals surface area contributed by atoms with Crippen molar-refractivity contribution in [2.75, 3.05) is 19.7 Å². The second-order valence-electron chi connectivity index (χ2n) is 9.19. The van der Waals surface area contributed by atoms with Gasteiger partial charge >= 0.3 is 6.36 Å². The number of hydrogen-bond acceptors (Lipinski definition) is 6. The van der Waals surface area contributed by atoms with Crippen LogP contribution in [0, 0.1) is 0 Å². The van der Waals surface area contributed by atoms with E-state index in [9.17, 15) is 27.9 Å². The Labute approximate surface area is 206 Å². The molecule has 3 rings (SSSR count). The Bertz CT molecular complexity index is 1060. The van der Waals surface area contributed by atoms with Crippen LogP contribution in [0.1, 0.15) is 42.6 Å². The largest absolute Gasteiger partial charge is 0.573 e. The molecule has 0 atom stereocenters. The predicted octanol–water partition coefficient (Wildman–Crippen LogP) is 3.45. The smallest absolute Gasteiger partial charge is 0.490 e. The van der Waals surface area contributed by atoms with Gasteiger partial charge in [0.1, 0.15) is 30.0 Å². The van der Waals surface area contributed by atoms with Gasteiger partial charge in [0.15, 0.2) is 0 Å². The fraction of sp³-hybridized carbons (Fsp3) is 0.440. The lowest BCUT2D eigenvalue weighted by molar-refractivity contribution is -0.274. The summed E-state index contributed by atoms with van der Waals surface area (Å²) in [5.41, 5.74) is 5.20. The number of alkyl halides is 3. The number of nitrogens with two attached hydrogens (primary N) is 1. The molecule has 0 spiro atoms. The van der Waals surface area contributed by atoms with Gasteiger partial charge in [0.05, 0.1) is 17.6 Å². The van der Waals surface area contributed by atoms with Crippen molar-refractivity contribution in [1.82, 2.24) is 4.90 Å². The Hall–Kier alpha value is -3.47. The second-order valence-corrected chi connectivity index (χ2v) is 9.19. The van der Waals surface area contributed by atoms with Gasteiger partial charge in [0.2, 0.25) is 5.91 Å². The molecule has 0 radical (unpaired) electrons. The molecule has 1 aliphatic rings. The van der Waals surface area contributed by atoms with Crippen LogP contribution in [0.2, 0.25) is 0 Å². The number of primary amides is 1. The van der Waals surface area contributed by atoms with Crippen molar-refractivity contribution in [1.29, 1.82) is 0 Å². The van der Waals surface area contributed by atoms with Crippen molar-refractivity contribution < 1.29 is 42.1 Å². The normalized spacial score (nSPS) is 14.9. The third-order valence-corrected chi connectivity index (χ3v) is 5.41. The summed E-state index contributed by atoms with van der Waals surface area (Å²) >= 11 is 0. The van der Waals surface area contributed by atoms with Gasteiger partial charge in [-0.1, -0.05) is 12.1 Å². The maximum absolute atomic E-state index is 12.7. The van der Waals surface area contributed by atoms with Gasteiger partial charge in [-0.15, -0.1) is 13.2 Å². The van der Waals surface area contributed by atoms with Gasteiger partial charge in [-0.2, -0.15) is 0 Å². The minimum absolute atomic E-state index is 0.0426. The lowest BCUT2D eigenvalue weighted by Crippen LogP contribution is -2.42. The molecule has 11 heteroatoms.